The summed E-state index contributed by atoms with van der Waals surface area (Å²) in [4.78, 5) is 18.5. The summed E-state index contributed by atoms with van der Waals surface area (Å²) in [5.41, 5.74) is 6.42. The zero-order chi connectivity index (χ0) is 14.9. The van der Waals surface area contributed by atoms with E-state index < -0.39 is 0 Å². The van der Waals surface area contributed by atoms with Gasteiger partial charge < -0.3 is 16.0 Å². The Kier molecular flexibility index (Phi) is 3.93. The molecule has 0 aliphatic rings. The molecule has 7 nitrogen and oxygen atoms in total. The molecule has 0 aliphatic heterocycles. The van der Waals surface area contributed by atoms with Crippen molar-refractivity contribution in [3.8, 4) is 0 Å². The fourth-order valence-corrected chi connectivity index (χ4v) is 2.35. The van der Waals surface area contributed by atoms with Crippen LogP contribution in [0.5, 0.6) is 0 Å². The van der Waals surface area contributed by atoms with E-state index in [0.29, 0.717) is 15.7 Å². The van der Waals surface area contributed by atoms with E-state index in [4.69, 9.17) is 5.73 Å². The highest BCUT2D eigenvalue weighted by Crippen LogP contribution is 2.27. The predicted octanol–water partition coefficient (Wildman–Crippen LogP) is 1.82. The number of hydrogen-bond donors (Lipinski definition) is 2. The quantitative estimate of drug-likeness (QED) is 0.898. The summed E-state index contributed by atoms with van der Waals surface area (Å²) < 4.78 is 1.77. The van der Waals surface area contributed by atoms with Gasteiger partial charge in [0, 0.05) is 26.3 Å². The number of rotatable bonds is 4. The maximum absolute atomic E-state index is 12.2. The van der Waals surface area contributed by atoms with E-state index >= 15 is 0 Å². The van der Waals surface area contributed by atoms with Crippen molar-refractivity contribution < 1.29 is 4.79 Å². The fourth-order valence-electron chi connectivity index (χ4n) is 1.55. The van der Waals surface area contributed by atoms with E-state index in [1.807, 2.05) is 32.8 Å². The third-order valence-corrected chi connectivity index (χ3v) is 3.86. The van der Waals surface area contributed by atoms with Crippen molar-refractivity contribution in [3.05, 3.63) is 17.3 Å². The summed E-state index contributed by atoms with van der Waals surface area (Å²) in [6.07, 6.45) is 3.40. The van der Waals surface area contributed by atoms with Crippen LogP contribution in [0.15, 0.2) is 12.4 Å². The first-order valence-corrected chi connectivity index (χ1v) is 6.99. The first kappa shape index (κ1) is 14.3. The third-order valence-electron chi connectivity index (χ3n) is 2.62. The minimum Gasteiger partial charge on any atom is -0.382 e. The lowest BCUT2D eigenvalue weighted by atomic mass is 10.4. The van der Waals surface area contributed by atoms with Crippen molar-refractivity contribution in [3.63, 3.8) is 0 Å². The Balaban J connectivity index is 2.15. The maximum atomic E-state index is 12.2. The van der Waals surface area contributed by atoms with Gasteiger partial charge >= 0.3 is 0 Å². The van der Waals surface area contributed by atoms with Crippen molar-refractivity contribution in [1.82, 2.24) is 14.8 Å². The highest BCUT2D eigenvalue weighted by Gasteiger charge is 2.17. The average Bonchev–Trinajstić information content (AvgIpc) is 2.95. The number of nitrogens with one attached hydrogen (secondary N) is 1. The van der Waals surface area contributed by atoms with Gasteiger partial charge in [-0.2, -0.15) is 5.10 Å². The number of aromatic nitrogens is 3. The van der Waals surface area contributed by atoms with Gasteiger partial charge in [-0.3, -0.25) is 9.48 Å². The standard InChI is InChI=1S/C12H18N6OS/c1-7(2)18-6-8(5-14-18)15-11(19)9-10(13)16-12(20-9)17(3)4/h5-7H,13H2,1-4H3,(H,15,19). The lowest BCUT2D eigenvalue weighted by molar-refractivity contribution is 0.103. The summed E-state index contributed by atoms with van der Waals surface area (Å²) in [6, 6.07) is 0.245. The van der Waals surface area contributed by atoms with E-state index in [1.165, 1.54) is 11.3 Å². The normalized spacial score (nSPS) is 10.8. The second-order valence-electron chi connectivity index (χ2n) is 4.86. The second-order valence-corrected chi connectivity index (χ2v) is 5.84. The Morgan fingerprint density at radius 1 is 1.50 bits per heavy atom. The number of thiazole rings is 1. The van der Waals surface area contributed by atoms with Crippen LogP contribution in [0.25, 0.3) is 0 Å². The molecule has 0 unspecified atom stereocenters. The molecule has 2 aromatic heterocycles. The summed E-state index contributed by atoms with van der Waals surface area (Å²) in [5, 5.41) is 7.64. The number of anilines is 3. The van der Waals surface area contributed by atoms with Crippen molar-refractivity contribution in [2.24, 2.45) is 0 Å². The minimum absolute atomic E-state index is 0.243. The van der Waals surface area contributed by atoms with Gasteiger partial charge in [-0.1, -0.05) is 11.3 Å². The van der Waals surface area contributed by atoms with Crippen molar-refractivity contribution >= 4 is 33.9 Å². The zero-order valence-electron chi connectivity index (χ0n) is 11.9. The molecule has 108 valence electrons. The zero-order valence-corrected chi connectivity index (χ0v) is 12.7. The Hall–Kier alpha value is -2.09. The lowest BCUT2D eigenvalue weighted by Crippen LogP contribution is -2.11. The summed E-state index contributed by atoms with van der Waals surface area (Å²) in [6.45, 7) is 4.03. The van der Waals surface area contributed by atoms with E-state index in [0.717, 1.165) is 0 Å². The van der Waals surface area contributed by atoms with E-state index in [-0.39, 0.29) is 17.8 Å². The molecule has 20 heavy (non-hydrogen) atoms. The van der Waals surface area contributed by atoms with Gasteiger partial charge in [0.1, 0.15) is 10.7 Å². The Bertz CT molecular complexity index is 615. The van der Waals surface area contributed by atoms with Crippen LogP contribution < -0.4 is 16.0 Å². The van der Waals surface area contributed by atoms with Crippen molar-refractivity contribution in [2.75, 3.05) is 30.0 Å². The van der Waals surface area contributed by atoms with Gasteiger partial charge in [-0.15, -0.1) is 0 Å². The number of nitrogens with two attached hydrogens (primary N) is 1. The van der Waals surface area contributed by atoms with Crippen LogP contribution in [0.1, 0.15) is 29.6 Å². The summed E-state index contributed by atoms with van der Waals surface area (Å²) in [7, 11) is 3.71. The van der Waals surface area contributed by atoms with Gasteiger partial charge in [0.05, 0.1) is 11.9 Å². The molecule has 0 bridgehead atoms. The molecule has 0 spiro atoms. The van der Waals surface area contributed by atoms with Gasteiger partial charge in [0.15, 0.2) is 5.13 Å². The molecule has 0 radical (unpaired) electrons. The Labute approximate surface area is 121 Å². The Morgan fingerprint density at radius 2 is 2.20 bits per heavy atom. The number of nitrogen functional groups attached to an aromatic ring is 1. The molecular formula is C12H18N6OS. The predicted molar refractivity (Wildman–Crippen MR) is 81.4 cm³/mol. The highest BCUT2D eigenvalue weighted by molar-refractivity contribution is 7.18. The number of amides is 1. The third kappa shape index (κ3) is 2.90. The van der Waals surface area contributed by atoms with Crippen molar-refractivity contribution in [1.29, 1.82) is 0 Å². The molecular weight excluding hydrogens is 276 g/mol. The summed E-state index contributed by atoms with van der Waals surface area (Å²) in [5.74, 6) is -0.0242. The molecule has 2 rings (SSSR count). The first-order chi connectivity index (χ1) is 9.38. The first-order valence-electron chi connectivity index (χ1n) is 6.17. The largest absolute Gasteiger partial charge is 0.382 e. The number of nitrogens with zero attached hydrogens (tertiary/aromatic N) is 4. The molecule has 0 aliphatic carbocycles. The average molecular weight is 294 g/mol. The number of hydrogen-bond acceptors (Lipinski definition) is 6. The molecule has 0 saturated heterocycles. The highest BCUT2D eigenvalue weighted by atomic mass is 32.1. The van der Waals surface area contributed by atoms with Gasteiger partial charge in [0.2, 0.25) is 0 Å². The van der Waals surface area contributed by atoms with Crippen LogP contribution in [-0.2, 0) is 0 Å². The SMILES string of the molecule is CC(C)n1cc(NC(=O)c2sc(N(C)C)nc2N)cn1. The van der Waals surface area contributed by atoms with Crippen LogP contribution in [0, 0.1) is 0 Å². The van der Waals surface area contributed by atoms with E-state index in [9.17, 15) is 4.79 Å². The number of carbonyl (C=O) groups excluding carboxylic acids is 1. The van der Waals surface area contributed by atoms with Crippen LogP contribution in [0.4, 0.5) is 16.6 Å². The molecule has 8 heteroatoms. The van der Waals surface area contributed by atoms with Gasteiger partial charge in [0.25, 0.3) is 5.91 Å². The smallest absolute Gasteiger partial charge is 0.269 e. The molecule has 0 aromatic carbocycles. The molecule has 2 heterocycles. The monoisotopic (exact) mass is 294 g/mol. The van der Waals surface area contributed by atoms with Crippen LogP contribution >= 0.6 is 11.3 Å². The van der Waals surface area contributed by atoms with E-state index in [2.05, 4.69) is 15.4 Å². The van der Waals surface area contributed by atoms with Crippen LogP contribution in [0.2, 0.25) is 0 Å². The second kappa shape index (κ2) is 5.49. The topological polar surface area (TPSA) is 89.1 Å². The maximum Gasteiger partial charge on any atom is 0.269 e. The number of carbonyl (C=O) groups is 1. The van der Waals surface area contributed by atoms with Gasteiger partial charge in [-0.25, -0.2) is 4.98 Å². The Morgan fingerprint density at radius 3 is 2.70 bits per heavy atom. The molecule has 0 fully saturated rings. The molecule has 0 atom stereocenters. The molecule has 0 saturated carbocycles. The minimum atomic E-state index is -0.267. The molecule has 1 amide bonds. The van der Waals surface area contributed by atoms with Crippen molar-refractivity contribution in [2.45, 2.75) is 19.9 Å². The van der Waals surface area contributed by atoms with Gasteiger partial charge in [-0.05, 0) is 13.8 Å². The van der Waals surface area contributed by atoms with Crippen LogP contribution in [0.3, 0.4) is 0 Å². The summed E-state index contributed by atoms with van der Waals surface area (Å²) >= 11 is 1.26. The van der Waals surface area contributed by atoms with Crippen LogP contribution in [-0.4, -0.2) is 34.8 Å². The lowest BCUT2D eigenvalue weighted by Gasteiger charge is -2.05. The molecule has 2 aromatic rings. The fraction of sp³-hybridized carbons (Fsp3) is 0.417. The molecule has 3 N–H and O–H groups in total. The van der Waals surface area contributed by atoms with E-state index in [1.54, 1.807) is 17.1 Å².